The zero-order chi connectivity index (χ0) is 17.3. The molecule has 8 heteroatoms. The molecule has 1 aliphatic heterocycles. The molecule has 3 rings (SSSR count). The van der Waals surface area contributed by atoms with Crippen LogP contribution in [-0.2, 0) is 23.0 Å². The molecule has 1 atom stereocenters. The van der Waals surface area contributed by atoms with E-state index in [0.29, 0.717) is 6.54 Å². The molecule has 0 fully saturated rings. The normalized spacial score (nSPS) is 17.5. The third kappa shape index (κ3) is 3.16. The van der Waals surface area contributed by atoms with Crippen LogP contribution in [0.5, 0.6) is 5.75 Å². The summed E-state index contributed by atoms with van der Waals surface area (Å²) in [5.74, 6) is 0.597. The number of nitrogens with zero attached hydrogens (tertiary/aromatic N) is 2. The number of ether oxygens (including phenoxy) is 1. The maximum absolute atomic E-state index is 14.1. The zero-order valence-electron chi connectivity index (χ0n) is 13.6. The van der Waals surface area contributed by atoms with Crippen LogP contribution in [0.4, 0.5) is 4.39 Å². The van der Waals surface area contributed by atoms with Crippen LogP contribution in [0.1, 0.15) is 17.8 Å². The lowest BCUT2D eigenvalue weighted by Gasteiger charge is -2.24. The van der Waals surface area contributed by atoms with Gasteiger partial charge < -0.3 is 9.30 Å². The topological polar surface area (TPSA) is 73.2 Å². The van der Waals surface area contributed by atoms with Crippen LogP contribution < -0.4 is 9.46 Å². The maximum Gasteiger partial charge on any atom is 0.240 e. The number of aryl methyl sites for hydroxylation is 1. The molecule has 2 heterocycles. The number of imidazole rings is 1. The van der Waals surface area contributed by atoms with Gasteiger partial charge in [-0.1, -0.05) is 0 Å². The van der Waals surface area contributed by atoms with Crippen LogP contribution >= 0.6 is 0 Å². The van der Waals surface area contributed by atoms with E-state index in [4.69, 9.17) is 4.74 Å². The molecule has 1 aliphatic rings. The lowest BCUT2D eigenvalue weighted by Crippen LogP contribution is -2.34. The molecule has 6 nitrogen and oxygen atoms in total. The first-order valence-electron chi connectivity index (χ1n) is 7.75. The van der Waals surface area contributed by atoms with Crippen molar-refractivity contribution in [3.63, 3.8) is 0 Å². The first-order valence-corrected chi connectivity index (χ1v) is 9.23. The molecule has 1 N–H and O–H groups in total. The molecular formula is C16H20FN3O3S. The van der Waals surface area contributed by atoms with Crippen molar-refractivity contribution in [3.05, 3.63) is 41.7 Å². The molecule has 0 amide bonds. The van der Waals surface area contributed by atoms with Crippen LogP contribution in [0, 0.1) is 18.7 Å². The van der Waals surface area contributed by atoms with E-state index in [1.807, 2.05) is 10.8 Å². The van der Waals surface area contributed by atoms with Crippen molar-refractivity contribution < 1.29 is 17.5 Å². The molecule has 0 spiro atoms. The van der Waals surface area contributed by atoms with Gasteiger partial charge in [0, 0.05) is 37.5 Å². The summed E-state index contributed by atoms with van der Waals surface area (Å²) in [5.41, 5.74) is 0.0578. The van der Waals surface area contributed by atoms with Crippen LogP contribution in [0.25, 0.3) is 0 Å². The molecule has 0 unspecified atom stereocenters. The number of fused-ring (bicyclic) bond motifs is 1. The van der Waals surface area contributed by atoms with E-state index >= 15 is 0 Å². The van der Waals surface area contributed by atoms with Gasteiger partial charge in [-0.15, -0.1) is 0 Å². The molecule has 1 aromatic carbocycles. The van der Waals surface area contributed by atoms with Gasteiger partial charge in [0.15, 0.2) is 11.6 Å². The van der Waals surface area contributed by atoms with Crippen molar-refractivity contribution in [2.24, 2.45) is 5.92 Å². The second-order valence-corrected chi connectivity index (χ2v) is 7.69. The van der Waals surface area contributed by atoms with Gasteiger partial charge in [0.25, 0.3) is 0 Å². The van der Waals surface area contributed by atoms with Crippen molar-refractivity contribution in [1.29, 1.82) is 0 Å². The predicted octanol–water partition coefficient (Wildman–Crippen LogP) is 1.88. The van der Waals surface area contributed by atoms with E-state index in [1.165, 1.54) is 26.2 Å². The van der Waals surface area contributed by atoms with Crippen LogP contribution in [0.3, 0.4) is 0 Å². The summed E-state index contributed by atoms with van der Waals surface area (Å²) < 4.78 is 48.6. The van der Waals surface area contributed by atoms with Gasteiger partial charge in [0.1, 0.15) is 5.82 Å². The Labute approximate surface area is 140 Å². The van der Waals surface area contributed by atoms with E-state index in [-0.39, 0.29) is 22.1 Å². The van der Waals surface area contributed by atoms with E-state index in [1.54, 1.807) is 6.20 Å². The number of sulfonamides is 1. The largest absolute Gasteiger partial charge is 0.494 e. The molecule has 0 saturated heterocycles. The maximum atomic E-state index is 14.1. The lowest BCUT2D eigenvalue weighted by molar-refractivity contribution is 0.363. The Morgan fingerprint density at radius 1 is 1.46 bits per heavy atom. The molecule has 2 aromatic rings. The number of hydrogen-bond acceptors (Lipinski definition) is 4. The highest BCUT2D eigenvalue weighted by atomic mass is 32.2. The Kier molecular flexibility index (Phi) is 4.60. The number of methoxy groups -OCH3 is 1. The van der Waals surface area contributed by atoms with E-state index < -0.39 is 15.8 Å². The molecule has 0 bridgehead atoms. The van der Waals surface area contributed by atoms with Crippen molar-refractivity contribution in [1.82, 2.24) is 14.3 Å². The molecular weight excluding hydrogens is 333 g/mol. The molecule has 130 valence electrons. The second-order valence-electron chi connectivity index (χ2n) is 5.96. The quantitative estimate of drug-likeness (QED) is 0.891. The van der Waals surface area contributed by atoms with Crippen LogP contribution in [0.15, 0.2) is 29.4 Å². The number of rotatable bonds is 5. The first kappa shape index (κ1) is 16.9. The minimum absolute atomic E-state index is 0.0337. The van der Waals surface area contributed by atoms with Crippen molar-refractivity contribution >= 4 is 10.0 Å². The average molecular weight is 353 g/mol. The number of hydrogen-bond donors (Lipinski definition) is 1. The third-order valence-corrected chi connectivity index (χ3v) is 5.97. The van der Waals surface area contributed by atoms with Gasteiger partial charge in [-0.25, -0.2) is 22.5 Å². The molecule has 0 aliphatic carbocycles. The minimum atomic E-state index is -3.77. The highest BCUT2D eigenvalue weighted by Crippen LogP contribution is 2.26. The summed E-state index contributed by atoms with van der Waals surface area (Å²) in [5, 5.41) is 0. The number of nitrogens with one attached hydrogen (secondary N) is 1. The van der Waals surface area contributed by atoms with Gasteiger partial charge in [-0.2, -0.15) is 0 Å². The Morgan fingerprint density at radius 3 is 3.00 bits per heavy atom. The highest BCUT2D eigenvalue weighted by molar-refractivity contribution is 7.89. The van der Waals surface area contributed by atoms with Gasteiger partial charge in [0.05, 0.1) is 12.0 Å². The van der Waals surface area contributed by atoms with Crippen LogP contribution in [-0.4, -0.2) is 31.6 Å². The van der Waals surface area contributed by atoms with Crippen LogP contribution in [0.2, 0.25) is 0 Å². The Morgan fingerprint density at radius 2 is 2.25 bits per heavy atom. The standard InChI is InChI=1S/C16H20FN3O3S/c1-11-14(5-4-13(23-2)16(11)17)24(21,22)19-9-12-3-6-15-18-7-8-20(15)10-12/h4-5,7-8,12,19H,3,6,9-10H2,1-2H3/t12-/m0/s1. The smallest absolute Gasteiger partial charge is 0.240 e. The first-order chi connectivity index (χ1) is 11.4. The third-order valence-electron chi connectivity index (χ3n) is 4.41. The molecule has 24 heavy (non-hydrogen) atoms. The Hall–Kier alpha value is -1.93. The molecule has 0 saturated carbocycles. The Balaban J connectivity index is 1.72. The minimum Gasteiger partial charge on any atom is -0.494 e. The fourth-order valence-corrected chi connectivity index (χ4v) is 4.35. The second kappa shape index (κ2) is 6.52. The summed E-state index contributed by atoms with van der Waals surface area (Å²) >= 11 is 0. The van der Waals surface area contributed by atoms with Gasteiger partial charge in [-0.05, 0) is 31.4 Å². The van der Waals surface area contributed by atoms with Gasteiger partial charge in [-0.3, -0.25) is 0 Å². The summed E-state index contributed by atoms with van der Waals surface area (Å²) in [4.78, 5) is 4.20. The number of halogens is 1. The lowest BCUT2D eigenvalue weighted by atomic mass is 10.00. The van der Waals surface area contributed by atoms with Gasteiger partial charge >= 0.3 is 0 Å². The average Bonchev–Trinajstić information content (AvgIpc) is 3.03. The zero-order valence-corrected chi connectivity index (χ0v) is 14.4. The highest BCUT2D eigenvalue weighted by Gasteiger charge is 2.24. The summed E-state index contributed by atoms with van der Waals surface area (Å²) in [6.07, 6.45) is 5.36. The van der Waals surface area contributed by atoms with E-state index in [9.17, 15) is 12.8 Å². The van der Waals surface area contributed by atoms with Gasteiger partial charge in [0.2, 0.25) is 10.0 Å². The fourth-order valence-electron chi connectivity index (χ4n) is 3.00. The summed E-state index contributed by atoms with van der Waals surface area (Å²) in [7, 11) is -2.43. The van der Waals surface area contributed by atoms with Crippen molar-refractivity contribution in [2.45, 2.75) is 31.2 Å². The fraction of sp³-hybridized carbons (Fsp3) is 0.438. The summed E-state index contributed by atoms with van der Waals surface area (Å²) in [6, 6.07) is 2.70. The van der Waals surface area contributed by atoms with E-state index in [2.05, 4.69) is 9.71 Å². The monoisotopic (exact) mass is 353 g/mol. The van der Waals surface area contributed by atoms with E-state index in [0.717, 1.165) is 25.2 Å². The Bertz CT molecular complexity index is 848. The molecule has 0 radical (unpaired) electrons. The summed E-state index contributed by atoms with van der Waals surface area (Å²) in [6.45, 7) is 2.48. The number of aromatic nitrogens is 2. The SMILES string of the molecule is COc1ccc(S(=O)(=O)NC[C@@H]2CCc3nccn3C2)c(C)c1F. The number of benzene rings is 1. The molecule has 1 aromatic heterocycles. The van der Waals surface area contributed by atoms with Crippen molar-refractivity contribution in [2.75, 3.05) is 13.7 Å². The predicted molar refractivity (Wildman–Crippen MR) is 86.9 cm³/mol. The van der Waals surface area contributed by atoms with Crippen molar-refractivity contribution in [3.8, 4) is 5.75 Å².